The number of hydrogen-bond donors (Lipinski definition) is 1. The zero-order valence-corrected chi connectivity index (χ0v) is 12.9. The average Bonchev–Trinajstić information content (AvgIpc) is 2.46. The summed E-state index contributed by atoms with van der Waals surface area (Å²) in [6.45, 7) is 0. The Morgan fingerprint density at radius 1 is 1.19 bits per heavy atom. The molecule has 0 saturated carbocycles. The van der Waals surface area contributed by atoms with Crippen LogP contribution in [0.1, 0.15) is 10.4 Å². The molecule has 0 atom stereocenters. The van der Waals surface area contributed by atoms with E-state index in [1.165, 1.54) is 26.4 Å². The van der Waals surface area contributed by atoms with Crippen molar-refractivity contribution in [1.82, 2.24) is 0 Å². The van der Waals surface area contributed by atoms with E-state index in [0.717, 1.165) is 6.07 Å². The number of carboxylic acid groups (broad SMARTS) is 1. The first-order valence-electron chi connectivity index (χ1n) is 5.92. The molecular weight excluding hydrogens is 343 g/mol. The Morgan fingerprint density at radius 3 is 2.48 bits per heavy atom. The topological polar surface area (TPSA) is 55.8 Å². The predicted molar refractivity (Wildman–Crippen MR) is 79.6 cm³/mol. The molecule has 0 radical (unpaired) electrons. The van der Waals surface area contributed by atoms with Crippen molar-refractivity contribution in [2.45, 2.75) is 0 Å². The van der Waals surface area contributed by atoms with Crippen LogP contribution in [0.15, 0.2) is 34.8 Å². The smallest absolute Gasteiger partial charge is 0.335 e. The first kappa shape index (κ1) is 15.3. The molecule has 2 rings (SSSR count). The Morgan fingerprint density at radius 2 is 1.90 bits per heavy atom. The lowest BCUT2D eigenvalue weighted by Gasteiger charge is -2.14. The van der Waals surface area contributed by atoms with E-state index in [1.54, 1.807) is 12.1 Å². The maximum Gasteiger partial charge on any atom is 0.335 e. The van der Waals surface area contributed by atoms with E-state index < -0.39 is 11.8 Å². The second-order valence-corrected chi connectivity index (χ2v) is 4.99. The summed E-state index contributed by atoms with van der Waals surface area (Å²) in [5.41, 5.74) is 0.846. The van der Waals surface area contributed by atoms with Gasteiger partial charge in [0.15, 0.2) is 0 Å². The van der Waals surface area contributed by atoms with Gasteiger partial charge in [0, 0.05) is 5.56 Å². The summed E-state index contributed by atoms with van der Waals surface area (Å²) in [5, 5.41) is 9.02. The minimum absolute atomic E-state index is 0.126. The molecule has 2 aromatic carbocycles. The highest BCUT2D eigenvalue weighted by atomic mass is 79.9. The number of methoxy groups -OCH3 is 2. The molecule has 0 fully saturated rings. The van der Waals surface area contributed by atoms with Crippen LogP contribution < -0.4 is 9.47 Å². The highest BCUT2D eigenvalue weighted by Gasteiger charge is 2.16. The van der Waals surface area contributed by atoms with Gasteiger partial charge in [-0.05, 0) is 51.8 Å². The molecule has 0 saturated heterocycles. The molecular formula is C15H12BrFO4. The second kappa shape index (κ2) is 6.13. The summed E-state index contributed by atoms with van der Waals surface area (Å²) < 4.78 is 24.7. The van der Waals surface area contributed by atoms with Crippen LogP contribution in [0.4, 0.5) is 4.39 Å². The van der Waals surface area contributed by atoms with E-state index in [4.69, 9.17) is 14.6 Å². The quantitative estimate of drug-likeness (QED) is 0.902. The van der Waals surface area contributed by atoms with Crippen molar-refractivity contribution < 1.29 is 23.8 Å². The van der Waals surface area contributed by atoms with Gasteiger partial charge in [-0.25, -0.2) is 9.18 Å². The third-order valence-electron chi connectivity index (χ3n) is 2.94. The number of hydrogen-bond acceptors (Lipinski definition) is 3. The van der Waals surface area contributed by atoms with E-state index in [2.05, 4.69) is 15.9 Å². The fraction of sp³-hybridized carbons (Fsp3) is 0.133. The van der Waals surface area contributed by atoms with Gasteiger partial charge in [-0.3, -0.25) is 0 Å². The summed E-state index contributed by atoms with van der Waals surface area (Å²) in [4.78, 5) is 11.0. The van der Waals surface area contributed by atoms with E-state index >= 15 is 0 Å². The summed E-state index contributed by atoms with van der Waals surface area (Å²) >= 11 is 3.36. The predicted octanol–water partition coefficient (Wildman–Crippen LogP) is 3.97. The van der Waals surface area contributed by atoms with Crippen LogP contribution in [0, 0.1) is 5.82 Å². The van der Waals surface area contributed by atoms with E-state index in [9.17, 15) is 9.18 Å². The molecule has 0 amide bonds. The van der Waals surface area contributed by atoms with E-state index in [0.29, 0.717) is 27.1 Å². The number of aromatic carboxylic acids is 1. The fourth-order valence-corrected chi connectivity index (χ4v) is 2.66. The van der Waals surface area contributed by atoms with Crippen LogP contribution in [0.25, 0.3) is 11.1 Å². The molecule has 0 aliphatic heterocycles. The van der Waals surface area contributed by atoms with Crippen molar-refractivity contribution in [3.05, 3.63) is 46.2 Å². The second-order valence-electron chi connectivity index (χ2n) is 4.20. The Kier molecular flexibility index (Phi) is 4.47. The normalized spacial score (nSPS) is 10.3. The summed E-state index contributed by atoms with van der Waals surface area (Å²) in [7, 11) is 2.99. The van der Waals surface area contributed by atoms with Gasteiger partial charge in [0.2, 0.25) is 0 Å². The average molecular weight is 355 g/mol. The van der Waals surface area contributed by atoms with Crippen LogP contribution in [0.3, 0.4) is 0 Å². The summed E-state index contributed by atoms with van der Waals surface area (Å²) in [6.07, 6.45) is 0. The molecule has 0 unspecified atom stereocenters. The van der Waals surface area contributed by atoms with Crippen LogP contribution in [-0.2, 0) is 0 Å². The molecule has 110 valence electrons. The molecule has 6 heteroatoms. The number of carboxylic acids is 1. The molecule has 2 aromatic rings. The van der Waals surface area contributed by atoms with Crippen LogP contribution in [0.5, 0.6) is 11.5 Å². The molecule has 0 spiro atoms. The molecule has 0 aliphatic rings. The van der Waals surface area contributed by atoms with Gasteiger partial charge in [-0.1, -0.05) is 0 Å². The van der Waals surface area contributed by atoms with Crippen molar-refractivity contribution in [3.63, 3.8) is 0 Å². The number of rotatable bonds is 4. The van der Waals surface area contributed by atoms with Gasteiger partial charge in [0.25, 0.3) is 0 Å². The largest absolute Gasteiger partial charge is 0.495 e. The van der Waals surface area contributed by atoms with Gasteiger partial charge in [-0.2, -0.15) is 0 Å². The highest BCUT2D eigenvalue weighted by Crippen LogP contribution is 2.42. The minimum atomic E-state index is -1.19. The van der Waals surface area contributed by atoms with E-state index in [-0.39, 0.29) is 5.56 Å². The highest BCUT2D eigenvalue weighted by molar-refractivity contribution is 9.10. The molecule has 0 heterocycles. The van der Waals surface area contributed by atoms with Crippen molar-refractivity contribution in [2.75, 3.05) is 14.2 Å². The number of halogens is 2. The van der Waals surface area contributed by atoms with Gasteiger partial charge in [0.05, 0.1) is 19.8 Å². The van der Waals surface area contributed by atoms with Crippen molar-refractivity contribution in [2.24, 2.45) is 0 Å². The molecule has 4 nitrogen and oxygen atoms in total. The maximum absolute atomic E-state index is 13.6. The third-order valence-corrected chi connectivity index (χ3v) is 3.69. The van der Waals surface area contributed by atoms with Crippen molar-refractivity contribution >= 4 is 21.9 Å². The molecule has 0 aromatic heterocycles. The van der Waals surface area contributed by atoms with Crippen LogP contribution >= 0.6 is 15.9 Å². The molecule has 21 heavy (non-hydrogen) atoms. The first-order chi connectivity index (χ1) is 9.97. The van der Waals surface area contributed by atoms with Gasteiger partial charge >= 0.3 is 5.97 Å². The zero-order chi connectivity index (χ0) is 15.6. The Balaban J connectivity index is 2.67. The van der Waals surface area contributed by atoms with Gasteiger partial charge < -0.3 is 14.6 Å². The lowest BCUT2D eigenvalue weighted by atomic mass is 10.0. The van der Waals surface area contributed by atoms with Crippen molar-refractivity contribution in [3.8, 4) is 22.6 Å². The lowest BCUT2D eigenvalue weighted by Crippen LogP contribution is -1.99. The van der Waals surface area contributed by atoms with Gasteiger partial charge in [0.1, 0.15) is 21.8 Å². The lowest BCUT2D eigenvalue weighted by molar-refractivity contribution is 0.0696. The van der Waals surface area contributed by atoms with Gasteiger partial charge in [-0.15, -0.1) is 0 Å². The van der Waals surface area contributed by atoms with E-state index in [1.807, 2.05) is 0 Å². The number of carbonyl (C=O) groups is 1. The van der Waals surface area contributed by atoms with Crippen LogP contribution in [-0.4, -0.2) is 25.3 Å². The zero-order valence-electron chi connectivity index (χ0n) is 11.3. The Bertz CT molecular complexity index is 700. The number of benzene rings is 2. The van der Waals surface area contributed by atoms with Crippen LogP contribution in [0.2, 0.25) is 0 Å². The maximum atomic E-state index is 13.6. The fourth-order valence-electron chi connectivity index (χ4n) is 1.99. The molecule has 1 N–H and O–H groups in total. The van der Waals surface area contributed by atoms with Crippen molar-refractivity contribution in [1.29, 1.82) is 0 Å². The summed E-state index contributed by atoms with van der Waals surface area (Å²) in [5.74, 6) is -0.817. The first-order valence-corrected chi connectivity index (χ1v) is 6.72. The summed E-state index contributed by atoms with van der Waals surface area (Å²) in [6, 6.07) is 6.98. The molecule has 0 aliphatic carbocycles. The Labute approximate surface area is 129 Å². The molecule has 0 bridgehead atoms. The minimum Gasteiger partial charge on any atom is -0.495 e. The SMILES string of the molecule is COc1ccc(-c2cc(F)cc(C(=O)O)c2)c(OC)c1Br. The monoisotopic (exact) mass is 354 g/mol. The Hall–Kier alpha value is -2.08. The standard InChI is InChI=1S/C15H12BrFO4/c1-20-12-4-3-11(14(21-2)13(12)16)8-5-9(15(18)19)7-10(17)6-8/h3-7H,1-2H3,(H,18,19). The number of ether oxygens (including phenoxy) is 2. The third kappa shape index (κ3) is 3.00.